The summed E-state index contributed by atoms with van der Waals surface area (Å²) in [5.74, 6) is 1.63. The second-order valence-electron chi connectivity index (χ2n) is 7.05. The molecule has 1 amide bonds. The van der Waals surface area contributed by atoms with Gasteiger partial charge in [0.1, 0.15) is 16.8 Å². The van der Waals surface area contributed by atoms with Crippen molar-refractivity contribution in [3.05, 3.63) is 34.2 Å². The molecule has 2 aromatic heterocycles. The molecule has 1 aromatic carbocycles. The monoisotopic (exact) mass is 443 g/mol. The van der Waals surface area contributed by atoms with Gasteiger partial charge in [0, 0.05) is 4.88 Å². The second-order valence-corrected chi connectivity index (χ2v) is 10.4. The van der Waals surface area contributed by atoms with Gasteiger partial charge in [-0.15, -0.1) is 22.7 Å². The van der Waals surface area contributed by atoms with Crippen molar-refractivity contribution < 1.29 is 9.53 Å². The van der Waals surface area contributed by atoms with Crippen LogP contribution in [0.2, 0.25) is 0 Å². The van der Waals surface area contributed by atoms with E-state index < -0.39 is 0 Å². The summed E-state index contributed by atoms with van der Waals surface area (Å²) in [6.07, 6.45) is 3.02. The van der Waals surface area contributed by atoms with Crippen molar-refractivity contribution >= 4 is 55.6 Å². The Morgan fingerprint density at radius 2 is 2.31 bits per heavy atom. The molecule has 1 atom stereocenters. The molecular formula is C21H21N3O2S3. The fraction of sp³-hybridized carbons (Fsp3) is 0.381. The minimum atomic E-state index is -0.104. The Kier molecular flexibility index (Phi) is 6.09. The van der Waals surface area contributed by atoms with Crippen LogP contribution in [-0.2, 0) is 17.6 Å². The van der Waals surface area contributed by atoms with E-state index in [4.69, 9.17) is 4.74 Å². The van der Waals surface area contributed by atoms with Crippen molar-refractivity contribution in [1.29, 1.82) is 5.26 Å². The van der Waals surface area contributed by atoms with E-state index in [9.17, 15) is 10.1 Å². The highest BCUT2D eigenvalue weighted by molar-refractivity contribution is 8.01. The second kappa shape index (κ2) is 8.74. The summed E-state index contributed by atoms with van der Waals surface area (Å²) in [6.45, 7) is 4.82. The molecule has 5 nitrogen and oxygen atoms in total. The molecule has 0 bridgehead atoms. The van der Waals surface area contributed by atoms with E-state index in [1.807, 2.05) is 25.1 Å². The lowest BCUT2D eigenvalue weighted by Crippen LogP contribution is -2.14. The molecule has 1 aliphatic carbocycles. The number of nitriles is 1. The van der Waals surface area contributed by atoms with Crippen LogP contribution in [0.1, 0.15) is 36.3 Å². The van der Waals surface area contributed by atoms with Crippen molar-refractivity contribution in [2.45, 2.75) is 37.4 Å². The Hall–Kier alpha value is -2.08. The van der Waals surface area contributed by atoms with Crippen LogP contribution >= 0.6 is 34.4 Å². The molecule has 8 heteroatoms. The van der Waals surface area contributed by atoms with Gasteiger partial charge in [0.25, 0.3) is 0 Å². The number of anilines is 1. The number of nitrogens with zero attached hydrogens (tertiary/aromatic N) is 2. The molecular weight excluding hydrogens is 422 g/mol. The number of carbonyl (C=O) groups excluding carboxylic acids is 1. The third kappa shape index (κ3) is 4.42. The number of hydrogen-bond donors (Lipinski definition) is 1. The number of benzene rings is 1. The topological polar surface area (TPSA) is 75.0 Å². The van der Waals surface area contributed by atoms with E-state index in [0.717, 1.165) is 45.1 Å². The Morgan fingerprint density at radius 1 is 1.45 bits per heavy atom. The molecule has 1 N–H and O–H groups in total. The zero-order valence-corrected chi connectivity index (χ0v) is 18.7. The minimum absolute atomic E-state index is 0.104. The predicted molar refractivity (Wildman–Crippen MR) is 120 cm³/mol. The van der Waals surface area contributed by atoms with E-state index in [2.05, 4.69) is 23.3 Å². The number of hydrogen-bond acceptors (Lipinski definition) is 7. The van der Waals surface area contributed by atoms with Gasteiger partial charge < -0.3 is 10.1 Å². The fourth-order valence-corrected chi connectivity index (χ4v) is 6.72. The number of fused-ring (bicyclic) bond motifs is 2. The molecule has 4 rings (SSSR count). The zero-order valence-electron chi connectivity index (χ0n) is 16.3. The van der Waals surface area contributed by atoms with Gasteiger partial charge in [0.2, 0.25) is 5.91 Å². The van der Waals surface area contributed by atoms with Gasteiger partial charge in [-0.25, -0.2) is 4.98 Å². The van der Waals surface area contributed by atoms with Crippen LogP contribution in [0.5, 0.6) is 5.75 Å². The summed E-state index contributed by atoms with van der Waals surface area (Å²) in [5, 5.41) is 13.2. The number of thioether (sulfide) groups is 1. The number of thiazole rings is 1. The van der Waals surface area contributed by atoms with Crippen molar-refractivity contribution in [3.63, 3.8) is 0 Å². The number of nitrogens with one attached hydrogen (secondary N) is 1. The Balaban J connectivity index is 1.42. The maximum atomic E-state index is 12.5. The van der Waals surface area contributed by atoms with E-state index in [1.54, 1.807) is 22.7 Å². The highest BCUT2D eigenvalue weighted by Gasteiger charge is 2.24. The molecule has 0 fully saturated rings. The van der Waals surface area contributed by atoms with Crippen LogP contribution in [0, 0.1) is 17.2 Å². The average molecular weight is 444 g/mol. The number of rotatable bonds is 6. The molecule has 0 unspecified atom stereocenters. The fourth-order valence-electron chi connectivity index (χ4n) is 3.45. The molecule has 150 valence electrons. The third-order valence-corrected chi connectivity index (χ3v) is 8.19. The Bertz CT molecular complexity index is 1100. The number of carbonyl (C=O) groups is 1. The van der Waals surface area contributed by atoms with Crippen molar-refractivity contribution in [1.82, 2.24) is 4.98 Å². The van der Waals surface area contributed by atoms with E-state index in [-0.39, 0.29) is 11.7 Å². The highest BCUT2D eigenvalue weighted by Crippen LogP contribution is 2.39. The molecule has 29 heavy (non-hydrogen) atoms. The first-order valence-corrected chi connectivity index (χ1v) is 12.2. The summed E-state index contributed by atoms with van der Waals surface area (Å²) < 4.78 is 7.43. The minimum Gasteiger partial charge on any atom is -0.494 e. The summed E-state index contributed by atoms with van der Waals surface area (Å²) in [5.41, 5.74) is 2.70. The Labute approximate surface area is 182 Å². The maximum absolute atomic E-state index is 12.5. The average Bonchev–Trinajstić information content (AvgIpc) is 3.25. The molecule has 0 radical (unpaired) electrons. The van der Waals surface area contributed by atoms with Crippen LogP contribution in [0.4, 0.5) is 5.00 Å². The third-order valence-electron chi connectivity index (χ3n) is 4.85. The van der Waals surface area contributed by atoms with Crippen LogP contribution in [-0.4, -0.2) is 23.3 Å². The molecule has 0 saturated carbocycles. The van der Waals surface area contributed by atoms with Crippen molar-refractivity contribution in [2.24, 2.45) is 5.92 Å². The van der Waals surface area contributed by atoms with Gasteiger partial charge in [-0.3, -0.25) is 4.79 Å². The van der Waals surface area contributed by atoms with Crippen LogP contribution in [0.15, 0.2) is 22.5 Å². The largest absolute Gasteiger partial charge is 0.494 e. The molecule has 3 aromatic rings. The normalized spacial score (nSPS) is 15.7. The van der Waals surface area contributed by atoms with E-state index in [0.29, 0.717) is 23.1 Å². The molecule has 0 aliphatic heterocycles. The lowest BCUT2D eigenvalue weighted by molar-refractivity contribution is -0.113. The summed E-state index contributed by atoms with van der Waals surface area (Å²) >= 11 is 4.54. The quantitative estimate of drug-likeness (QED) is 0.510. The zero-order chi connectivity index (χ0) is 20.4. The first kappa shape index (κ1) is 20.2. The van der Waals surface area contributed by atoms with Gasteiger partial charge >= 0.3 is 0 Å². The molecule has 2 heterocycles. The highest BCUT2D eigenvalue weighted by atomic mass is 32.2. The Morgan fingerprint density at radius 3 is 3.10 bits per heavy atom. The number of amides is 1. The standard InChI is InChI=1S/C21H21N3O2S3/c1-3-26-13-5-7-16-18(9-13)29-21(23-16)27-11-19(25)24-20-15(10-22)14-6-4-12(2)8-17(14)28-20/h5,7,9,12H,3-4,6,8,11H2,1-2H3,(H,24,25)/t12-/m0/s1. The molecule has 0 spiro atoms. The van der Waals surface area contributed by atoms with Gasteiger partial charge in [0.15, 0.2) is 4.34 Å². The van der Waals surface area contributed by atoms with Crippen LogP contribution in [0.25, 0.3) is 10.2 Å². The van der Waals surface area contributed by atoms with Crippen molar-refractivity contribution in [2.75, 3.05) is 17.7 Å². The predicted octanol–water partition coefficient (Wildman–Crippen LogP) is 5.48. The summed E-state index contributed by atoms with van der Waals surface area (Å²) in [4.78, 5) is 18.3. The number of aromatic nitrogens is 1. The first-order valence-electron chi connectivity index (χ1n) is 9.58. The van der Waals surface area contributed by atoms with Gasteiger partial charge in [-0.1, -0.05) is 18.7 Å². The van der Waals surface area contributed by atoms with E-state index in [1.165, 1.54) is 16.6 Å². The molecule has 0 saturated heterocycles. The molecule has 1 aliphatic rings. The van der Waals surface area contributed by atoms with Crippen molar-refractivity contribution in [3.8, 4) is 11.8 Å². The lowest BCUT2D eigenvalue weighted by Gasteiger charge is -2.17. The number of thiophene rings is 1. The van der Waals surface area contributed by atoms with E-state index >= 15 is 0 Å². The summed E-state index contributed by atoms with van der Waals surface area (Å²) in [7, 11) is 0. The first-order chi connectivity index (χ1) is 14.1. The summed E-state index contributed by atoms with van der Waals surface area (Å²) in [6, 6.07) is 8.13. The lowest BCUT2D eigenvalue weighted by atomic mass is 9.89. The van der Waals surface area contributed by atoms with Gasteiger partial charge in [-0.05, 0) is 55.9 Å². The van der Waals surface area contributed by atoms with Crippen LogP contribution in [0.3, 0.4) is 0 Å². The maximum Gasteiger partial charge on any atom is 0.235 e. The van der Waals surface area contributed by atoms with Gasteiger partial charge in [-0.2, -0.15) is 5.26 Å². The number of ether oxygens (including phenoxy) is 1. The smallest absolute Gasteiger partial charge is 0.235 e. The van der Waals surface area contributed by atoms with Gasteiger partial charge in [0.05, 0.1) is 28.1 Å². The SMILES string of the molecule is CCOc1ccc2nc(SCC(=O)Nc3sc4c(c3C#N)CC[C@H](C)C4)sc2c1. The van der Waals surface area contributed by atoms with Crippen LogP contribution < -0.4 is 10.1 Å².